The molecule has 0 bridgehead atoms. The molecule has 0 radical (unpaired) electrons. The Morgan fingerprint density at radius 2 is 1.35 bits per heavy atom. The molecular formula is C28H21FN2O2S. The zero-order valence-corrected chi connectivity index (χ0v) is 19.2. The molecule has 1 heterocycles. The highest BCUT2D eigenvalue weighted by Gasteiger charge is 2.21. The third-order valence-electron chi connectivity index (χ3n) is 5.69. The van der Waals surface area contributed by atoms with Crippen LogP contribution in [0, 0.1) is 5.82 Å². The number of nitrogens with one attached hydrogen (secondary N) is 1. The molecule has 1 amide bonds. The Morgan fingerprint density at radius 1 is 0.794 bits per heavy atom. The Balaban J connectivity index is 1.34. The molecule has 0 aliphatic rings. The number of anilines is 1. The van der Waals surface area contributed by atoms with E-state index in [4.69, 9.17) is 0 Å². The molecule has 5 rings (SSSR count). The Hall–Kier alpha value is -3.90. The molecule has 0 fully saturated rings. The first kappa shape index (κ1) is 21.9. The quantitative estimate of drug-likeness (QED) is 0.282. The number of fused-ring (bicyclic) bond motifs is 3. The normalized spacial score (nSPS) is 12.1. The lowest BCUT2D eigenvalue weighted by atomic mass is 10.2. The number of hydrogen-bond donors (Lipinski definition) is 1. The molecule has 1 N–H and O–H groups in total. The van der Waals surface area contributed by atoms with Crippen molar-refractivity contribution in [2.24, 2.45) is 0 Å². The monoisotopic (exact) mass is 468 g/mol. The Kier molecular flexibility index (Phi) is 5.90. The lowest BCUT2D eigenvalue weighted by Gasteiger charge is -2.14. The van der Waals surface area contributed by atoms with Gasteiger partial charge in [-0.15, -0.1) is 11.8 Å². The molecule has 0 saturated heterocycles. The number of benzene rings is 4. The minimum atomic E-state index is -0.565. The van der Waals surface area contributed by atoms with Crippen LogP contribution in [0.4, 0.5) is 10.1 Å². The van der Waals surface area contributed by atoms with E-state index in [9.17, 15) is 14.0 Å². The second kappa shape index (κ2) is 9.15. The molecule has 4 nitrogen and oxygen atoms in total. The number of aromatic nitrogens is 1. The van der Waals surface area contributed by atoms with E-state index in [-0.39, 0.29) is 16.7 Å². The van der Waals surface area contributed by atoms with Gasteiger partial charge in [0.2, 0.25) is 5.91 Å². The smallest absolute Gasteiger partial charge is 0.258 e. The second-order valence-corrected chi connectivity index (χ2v) is 9.34. The number of hydrogen-bond acceptors (Lipinski definition) is 3. The highest BCUT2D eigenvalue weighted by atomic mass is 32.2. The summed E-state index contributed by atoms with van der Waals surface area (Å²) in [5.74, 6) is -1.07. The lowest BCUT2D eigenvalue weighted by molar-refractivity contribution is 0.0924. The number of halogens is 1. The van der Waals surface area contributed by atoms with Crippen molar-refractivity contribution in [2.45, 2.75) is 17.1 Å². The van der Waals surface area contributed by atoms with Gasteiger partial charge in [-0.1, -0.05) is 48.5 Å². The van der Waals surface area contributed by atoms with Crippen LogP contribution in [0.5, 0.6) is 0 Å². The zero-order chi connectivity index (χ0) is 23.7. The fraction of sp³-hybridized carbons (Fsp3) is 0.0714. The van der Waals surface area contributed by atoms with Crippen LogP contribution in [0.25, 0.3) is 21.8 Å². The van der Waals surface area contributed by atoms with Gasteiger partial charge in [0, 0.05) is 21.4 Å². The van der Waals surface area contributed by atoms with E-state index in [1.807, 2.05) is 67.6 Å². The van der Waals surface area contributed by atoms with Crippen molar-refractivity contribution < 1.29 is 14.0 Å². The number of rotatable bonds is 5. The predicted octanol–water partition coefficient (Wildman–Crippen LogP) is 7.01. The maximum absolute atomic E-state index is 13.8. The first-order valence-electron chi connectivity index (χ1n) is 10.9. The number of thioether (sulfide) groups is 1. The van der Waals surface area contributed by atoms with Crippen molar-refractivity contribution in [1.29, 1.82) is 0 Å². The van der Waals surface area contributed by atoms with Gasteiger partial charge < -0.3 is 5.32 Å². The molecule has 1 unspecified atom stereocenters. The van der Waals surface area contributed by atoms with Crippen LogP contribution in [0.15, 0.2) is 102 Å². The zero-order valence-electron chi connectivity index (χ0n) is 18.4. The van der Waals surface area contributed by atoms with Gasteiger partial charge in [-0.05, 0) is 55.5 Å². The summed E-state index contributed by atoms with van der Waals surface area (Å²) in [5, 5.41) is 4.48. The number of para-hydroxylation sites is 2. The van der Waals surface area contributed by atoms with Crippen LogP contribution in [0.3, 0.4) is 0 Å². The molecule has 0 aliphatic carbocycles. The Labute approximate surface area is 200 Å². The van der Waals surface area contributed by atoms with Gasteiger partial charge >= 0.3 is 0 Å². The van der Waals surface area contributed by atoms with Crippen molar-refractivity contribution in [3.05, 3.63) is 108 Å². The maximum atomic E-state index is 13.8. The van der Waals surface area contributed by atoms with Gasteiger partial charge in [0.1, 0.15) is 5.82 Å². The summed E-state index contributed by atoms with van der Waals surface area (Å²) in [5.41, 5.74) is 2.34. The molecule has 5 aromatic rings. The van der Waals surface area contributed by atoms with E-state index in [0.29, 0.717) is 5.69 Å². The lowest BCUT2D eigenvalue weighted by Crippen LogP contribution is -2.21. The van der Waals surface area contributed by atoms with E-state index in [0.717, 1.165) is 26.7 Å². The van der Waals surface area contributed by atoms with Gasteiger partial charge in [-0.25, -0.2) is 4.39 Å². The standard InChI is InChI=1S/C28H21FN2O2S/c1-18(28(33)31-25-12-6-3-8-21(25)22-9-4-7-13-26(22)31)34-20-16-14-19(15-17-20)30-27(32)23-10-2-5-11-24(23)29/h2-18H,1H3,(H,30,32). The van der Waals surface area contributed by atoms with Crippen LogP contribution in [-0.2, 0) is 0 Å². The van der Waals surface area contributed by atoms with Gasteiger partial charge in [0.05, 0.1) is 21.8 Å². The second-order valence-electron chi connectivity index (χ2n) is 7.93. The van der Waals surface area contributed by atoms with Crippen molar-refractivity contribution >= 4 is 51.1 Å². The summed E-state index contributed by atoms with van der Waals surface area (Å²) >= 11 is 1.45. The fourth-order valence-electron chi connectivity index (χ4n) is 4.06. The maximum Gasteiger partial charge on any atom is 0.258 e. The Bertz CT molecular complexity index is 1470. The number of amides is 1. The SMILES string of the molecule is CC(Sc1ccc(NC(=O)c2ccccc2F)cc1)C(=O)n1c2ccccc2c2ccccc21. The minimum Gasteiger partial charge on any atom is -0.322 e. The third-order valence-corrected chi connectivity index (χ3v) is 6.79. The largest absolute Gasteiger partial charge is 0.322 e. The topological polar surface area (TPSA) is 51.1 Å². The van der Waals surface area contributed by atoms with E-state index < -0.39 is 11.7 Å². The van der Waals surface area contributed by atoms with E-state index in [1.165, 1.54) is 23.9 Å². The molecule has 0 aliphatic heterocycles. The molecule has 4 aromatic carbocycles. The van der Waals surface area contributed by atoms with E-state index in [2.05, 4.69) is 5.32 Å². The Morgan fingerprint density at radius 3 is 1.97 bits per heavy atom. The van der Waals surface area contributed by atoms with Gasteiger partial charge in [-0.2, -0.15) is 0 Å². The summed E-state index contributed by atoms with van der Waals surface area (Å²) in [7, 11) is 0. The first-order valence-corrected chi connectivity index (χ1v) is 11.8. The number of carbonyl (C=O) groups is 2. The van der Waals surface area contributed by atoms with E-state index in [1.54, 1.807) is 28.8 Å². The van der Waals surface area contributed by atoms with Crippen LogP contribution < -0.4 is 5.32 Å². The molecule has 6 heteroatoms. The first-order chi connectivity index (χ1) is 16.5. The molecule has 1 atom stereocenters. The van der Waals surface area contributed by atoms with Crippen molar-refractivity contribution in [3.8, 4) is 0 Å². The van der Waals surface area contributed by atoms with Crippen LogP contribution in [-0.4, -0.2) is 21.6 Å². The fourth-order valence-corrected chi connectivity index (χ4v) is 4.96. The van der Waals surface area contributed by atoms with Gasteiger partial charge in [-0.3, -0.25) is 14.2 Å². The summed E-state index contributed by atoms with van der Waals surface area (Å²) in [6.07, 6.45) is 0. The molecule has 1 aromatic heterocycles. The minimum absolute atomic E-state index is 0.000618. The highest BCUT2D eigenvalue weighted by Crippen LogP contribution is 2.32. The average Bonchev–Trinajstić information content (AvgIpc) is 3.19. The third kappa shape index (κ3) is 4.08. The number of carbonyl (C=O) groups excluding carboxylic acids is 2. The molecule has 0 spiro atoms. The summed E-state index contributed by atoms with van der Waals surface area (Å²) in [6, 6.07) is 28.9. The van der Waals surface area contributed by atoms with Gasteiger partial charge in [0.25, 0.3) is 5.91 Å². The number of nitrogens with zero attached hydrogens (tertiary/aromatic N) is 1. The van der Waals surface area contributed by atoms with Crippen LogP contribution in [0.1, 0.15) is 22.1 Å². The van der Waals surface area contributed by atoms with Gasteiger partial charge in [0.15, 0.2) is 0 Å². The molecule has 0 saturated carbocycles. The summed E-state index contributed by atoms with van der Waals surface area (Å²) in [4.78, 5) is 26.7. The average molecular weight is 469 g/mol. The van der Waals surface area contributed by atoms with Crippen molar-refractivity contribution in [2.75, 3.05) is 5.32 Å². The summed E-state index contributed by atoms with van der Waals surface area (Å²) < 4.78 is 15.6. The highest BCUT2D eigenvalue weighted by molar-refractivity contribution is 8.00. The molecule has 34 heavy (non-hydrogen) atoms. The van der Waals surface area contributed by atoms with E-state index >= 15 is 0 Å². The molecular weight excluding hydrogens is 447 g/mol. The molecule has 168 valence electrons. The van der Waals surface area contributed by atoms with Crippen LogP contribution >= 0.6 is 11.8 Å². The van der Waals surface area contributed by atoms with Crippen molar-refractivity contribution in [3.63, 3.8) is 0 Å². The van der Waals surface area contributed by atoms with Crippen LogP contribution in [0.2, 0.25) is 0 Å². The summed E-state index contributed by atoms with van der Waals surface area (Å²) in [6.45, 7) is 1.89. The predicted molar refractivity (Wildman–Crippen MR) is 136 cm³/mol. The van der Waals surface area contributed by atoms with Crippen molar-refractivity contribution in [1.82, 2.24) is 4.57 Å².